The van der Waals surface area contributed by atoms with Gasteiger partial charge in [-0.2, -0.15) is 10.2 Å². The topological polar surface area (TPSA) is 110 Å². The highest BCUT2D eigenvalue weighted by molar-refractivity contribution is 5.91. The van der Waals surface area contributed by atoms with Crippen molar-refractivity contribution in [3.05, 3.63) is 56.4 Å². The molecule has 0 atom stereocenters. The first kappa shape index (κ1) is 13.7. The Kier molecular flexibility index (Phi) is 4.04. The maximum Gasteiger partial charge on any atom is 0.271 e. The van der Waals surface area contributed by atoms with Crippen molar-refractivity contribution in [1.29, 1.82) is 0 Å². The summed E-state index contributed by atoms with van der Waals surface area (Å²) in [6.45, 7) is 2.27. The molecule has 0 aromatic carbocycles. The fourth-order valence-electron chi connectivity index (χ4n) is 1.55. The second-order valence-corrected chi connectivity index (χ2v) is 4.10. The Bertz CT molecular complexity index is 714. The number of aryl methyl sites for hydroxylation is 1. The molecule has 0 fully saturated rings. The van der Waals surface area contributed by atoms with E-state index in [-0.39, 0.29) is 29.9 Å². The molecule has 0 aliphatic rings. The summed E-state index contributed by atoms with van der Waals surface area (Å²) < 4.78 is 1.27. The first-order chi connectivity index (χ1) is 9.56. The number of nitrogens with one attached hydrogen (secondary N) is 2. The predicted octanol–water partition coefficient (Wildman–Crippen LogP) is -0.935. The second kappa shape index (κ2) is 5.91. The Morgan fingerprint density at radius 3 is 2.80 bits per heavy atom. The average molecular weight is 275 g/mol. The van der Waals surface area contributed by atoms with E-state index in [0.717, 1.165) is 5.69 Å². The molecule has 2 aromatic heterocycles. The minimum Gasteiger partial charge on any atom is -0.349 e. The molecular formula is C12H13N5O3. The molecule has 0 saturated heterocycles. The molecule has 104 valence electrons. The number of carbonyl (C=O) groups is 1. The van der Waals surface area contributed by atoms with Crippen LogP contribution in [0.25, 0.3) is 0 Å². The van der Waals surface area contributed by atoms with E-state index in [4.69, 9.17) is 0 Å². The van der Waals surface area contributed by atoms with Crippen LogP contribution in [0.3, 0.4) is 0 Å². The van der Waals surface area contributed by atoms with Crippen molar-refractivity contribution in [2.24, 2.45) is 0 Å². The highest BCUT2D eigenvalue weighted by Crippen LogP contribution is 1.89. The molecule has 0 unspecified atom stereocenters. The molecule has 0 spiro atoms. The van der Waals surface area contributed by atoms with Gasteiger partial charge in [-0.1, -0.05) is 0 Å². The van der Waals surface area contributed by atoms with Gasteiger partial charge in [0, 0.05) is 18.7 Å². The number of aromatic nitrogens is 4. The van der Waals surface area contributed by atoms with Gasteiger partial charge in [-0.05, 0) is 19.1 Å². The summed E-state index contributed by atoms with van der Waals surface area (Å²) in [6, 6.07) is 5.59. The third kappa shape index (κ3) is 3.37. The smallest absolute Gasteiger partial charge is 0.271 e. The van der Waals surface area contributed by atoms with Crippen LogP contribution in [0.2, 0.25) is 0 Å². The van der Waals surface area contributed by atoms with Gasteiger partial charge < -0.3 is 5.32 Å². The van der Waals surface area contributed by atoms with Crippen molar-refractivity contribution in [3.63, 3.8) is 0 Å². The molecule has 0 saturated carbocycles. The minimum absolute atomic E-state index is 0.106. The third-order valence-electron chi connectivity index (χ3n) is 2.52. The molecule has 0 radical (unpaired) electrons. The Balaban J connectivity index is 1.94. The number of amides is 1. The third-order valence-corrected chi connectivity index (χ3v) is 2.52. The Hall–Kier alpha value is -2.77. The zero-order valence-electron chi connectivity index (χ0n) is 10.8. The van der Waals surface area contributed by atoms with Crippen LogP contribution < -0.4 is 16.4 Å². The van der Waals surface area contributed by atoms with Crippen molar-refractivity contribution >= 4 is 5.91 Å². The van der Waals surface area contributed by atoms with E-state index in [2.05, 4.69) is 20.6 Å². The van der Waals surface area contributed by atoms with Gasteiger partial charge in [-0.3, -0.25) is 14.4 Å². The highest BCUT2D eigenvalue weighted by Gasteiger charge is 2.06. The van der Waals surface area contributed by atoms with Gasteiger partial charge in [-0.15, -0.1) is 0 Å². The van der Waals surface area contributed by atoms with E-state index >= 15 is 0 Å². The van der Waals surface area contributed by atoms with Crippen LogP contribution in [-0.4, -0.2) is 32.4 Å². The van der Waals surface area contributed by atoms with Crippen LogP contribution in [0.15, 0.2) is 33.9 Å². The van der Waals surface area contributed by atoms with Crippen LogP contribution in [0.4, 0.5) is 0 Å². The van der Waals surface area contributed by atoms with Gasteiger partial charge >= 0.3 is 0 Å². The number of aromatic amines is 1. The lowest BCUT2D eigenvalue weighted by atomic mass is 10.3. The average Bonchev–Trinajstić information content (AvgIpc) is 2.43. The molecule has 2 rings (SSSR count). The SMILES string of the molecule is Cc1ccc(=O)n(CCNC(=O)c2ccc(=O)[nH]n2)n1. The number of hydrogen-bond donors (Lipinski definition) is 2. The van der Waals surface area contributed by atoms with E-state index in [1.807, 2.05) is 0 Å². The van der Waals surface area contributed by atoms with Crippen molar-refractivity contribution in [2.75, 3.05) is 6.54 Å². The lowest BCUT2D eigenvalue weighted by Crippen LogP contribution is -2.32. The van der Waals surface area contributed by atoms with Gasteiger partial charge in [0.1, 0.15) is 5.69 Å². The Labute approximate surface area is 113 Å². The minimum atomic E-state index is -0.429. The fourth-order valence-corrected chi connectivity index (χ4v) is 1.55. The molecular weight excluding hydrogens is 262 g/mol. The molecule has 0 aliphatic carbocycles. The van der Waals surface area contributed by atoms with Gasteiger partial charge in [0.25, 0.3) is 17.0 Å². The highest BCUT2D eigenvalue weighted by atomic mass is 16.2. The summed E-state index contributed by atoms with van der Waals surface area (Å²) in [7, 11) is 0. The Morgan fingerprint density at radius 1 is 1.30 bits per heavy atom. The maximum absolute atomic E-state index is 11.7. The number of nitrogens with zero attached hydrogens (tertiary/aromatic N) is 3. The van der Waals surface area contributed by atoms with Crippen molar-refractivity contribution in [3.8, 4) is 0 Å². The lowest BCUT2D eigenvalue weighted by molar-refractivity contribution is 0.0945. The number of hydrogen-bond acceptors (Lipinski definition) is 5. The van der Waals surface area contributed by atoms with Gasteiger partial charge in [0.2, 0.25) is 0 Å². The van der Waals surface area contributed by atoms with Crippen LogP contribution in [-0.2, 0) is 6.54 Å². The van der Waals surface area contributed by atoms with Crippen molar-refractivity contribution in [2.45, 2.75) is 13.5 Å². The molecule has 2 heterocycles. The molecule has 8 nitrogen and oxygen atoms in total. The van der Waals surface area contributed by atoms with Gasteiger partial charge in [0.05, 0.1) is 12.2 Å². The standard InChI is InChI=1S/C12H13N5O3/c1-8-2-5-11(19)17(16-8)7-6-13-12(20)9-3-4-10(18)15-14-9/h2-5H,6-7H2,1H3,(H,13,20)(H,15,18). The fraction of sp³-hybridized carbons (Fsp3) is 0.250. The summed E-state index contributed by atoms with van der Waals surface area (Å²) in [5.41, 5.74) is 0.219. The predicted molar refractivity (Wildman–Crippen MR) is 70.4 cm³/mol. The maximum atomic E-state index is 11.7. The summed E-state index contributed by atoms with van der Waals surface area (Å²) in [5.74, 6) is -0.429. The number of rotatable bonds is 4. The molecule has 0 bridgehead atoms. The van der Waals surface area contributed by atoms with Crippen molar-refractivity contribution in [1.82, 2.24) is 25.3 Å². The monoisotopic (exact) mass is 275 g/mol. The van der Waals surface area contributed by atoms with E-state index in [1.165, 1.54) is 22.9 Å². The van der Waals surface area contributed by atoms with Gasteiger partial charge in [-0.25, -0.2) is 9.78 Å². The molecule has 2 N–H and O–H groups in total. The summed E-state index contributed by atoms with van der Waals surface area (Å²) in [4.78, 5) is 34.0. The largest absolute Gasteiger partial charge is 0.349 e. The molecule has 1 amide bonds. The summed E-state index contributed by atoms with van der Waals surface area (Å²) in [5, 5.41) is 12.4. The first-order valence-electron chi connectivity index (χ1n) is 5.95. The lowest BCUT2D eigenvalue weighted by Gasteiger charge is -2.06. The van der Waals surface area contributed by atoms with E-state index in [0.29, 0.717) is 0 Å². The first-order valence-corrected chi connectivity index (χ1v) is 5.95. The molecule has 8 heteroatoms. The van der Waals surface area contributed by atoms with Crippen LogP contribution >= 0.6 is 0 Å². The van der Waals surface area contributed by atoms with Gasteiger partial charge in [0.15, 0.2) is 0 Å². The quantitative estimate of drug-likeness (QED) is 0.748. The summed E-state index contributed by atoms with van der Waals surface area (Å²) in [6.07, 6.45) is 0. The number of carbonyl (C=O) groups excluding carboxylic acids is 1. The normalized spacial score (nSPS) is 10.2. The molecule has 2 aromatic rings. The summed E-state index contributed by atoms with van der Waals surface area (Å²) >= 11 is 0. The van der Waals surface area contributed by atoms with Crippen LogP contribution in [0.5, 0.6) is 0 Å². The Morgan fingerprint density at radius 2 is 2.10 bits per heavy atom. The number of H-pyrrole nitrogens is 1. The van der Waals surface area contributed by atoms with Crippen molar-refractivity contribution < 1.29 is 4.79 Å². The van der Waals surface area contributed by atoms with Crippen LogP contribution in [0, 0.1) is 6.92 Å². The second-order valence-electron chi connectivity index (χ2n) is 4.10. The van der Waals surface area contributed by atoms with E-state index < -0.39 is 5.91 Å². The molecule has 0 aliphatic heterocycles. The van der Waals surface area contributed by atoms with E-state index in [1.54, 1.807) is 13.0 Å². The molecule has 20 heavy (non-hydrogen) atoms. The van der Waals surface area contributed by atoms with E-state index in [9.17, 15) is 14.4 Å². The zero-order chi connectivity index (χ0) is 14.5. The zero-order valence-corrected chi connectivity index (χ0v) is 10.8. The van der Waals surface area contributed by atoms with Crippen LogP contribution in [0.1, 0.15) is 16.2 Å².